The Morgan fingerprint density at radius 1 is 0.907 bits per heavy atom. The van der Waals surface area contributed by atoms with E-state index in [1.807, 2.05) is 13.8 Å². The highest BCUT2D eigenvalue weighted by molar-refractivity contribution is 7.92. The van der Waals surface area contributed by atoms with Crippen molar-refractivity contribution in [2.75, 3.05) is 25.1 Å². The van der Waals surface area contributed by atoms with Crippen molar-refractivity contribution < 1.29 is 27.5 Å². The molecule has 3 rings (SSSR count). The summed E-state index contributed by atoms with van der Waals surface area (Å²) >= 11 is 12.4. The summed E-state index contributed by atoms with van der Waals surface area (Å²) in [6.45, 7) is 5.00. The Labute approximate surface area is 263 Å². The number of anilines is 1. The Hall–Kier alpha value is -3.47. The molecule has 0 unspecified atom stereocenters. The summed E-state index contributed by atoms with van der Waals surface area (Å²) < 4.78 is 39.9. The predicted molar refractivity (Wildman–Crippen MR) is 170 cm³/mol. The first-order valence-electron chi connectivity index (χ1n) is 13.8. The first-order chi connectivity index (χ1) is 20.5. The molecule has 0 fully saturated rings. The van der Waals surface area contributed by atoms with Crippen molar-refractivity contribution in [1.29, 1.82) is 0 Å². The lowest BCUT2D eigenvalue weighted by atomic mass is 10.1. The maximum absolute atomic E-state index is 14.2. The highest BCUT2D eigenvalue weighted by Crippen LogP contribution is 2.33. The summed E-state index contributed by atoms with van der Waals surface area (Å²) in [6, 6.07) is 16.3. The van der Waals surface area contributed by atoms with E-state index >= 15 is 0 Å². The van der Waals surface area contributed by atoms with Crippen molar-refractivity contribution in [2.24, 2.45) is 0 Å². The van der Waals surface area contributed by atoms with Gasteiger partial charge in [-0.05, 0) is 73.9 Å². The Balaban J connectivity index is 2.11. The molecule has 3 aromatic carbocycles. The molecule has 1 N–H and O–H groups in total. The van der Waals surface area contributed by atoms with Gasteiger partial charge in [0.15, 0.2) is 0 Å². The van der Waals surface area contributed by atoms with Gasteiger partial charge in [0.05, 0.1) is 34.8 Å². The molecule has 12 heteroatoms. The number of carbonyl (C=O) groups is 2. The average molecular weight is 651 g/mol. The Morgan fingerprint density at radius 3 is 2.16 bits per heavy atom. The fourth-order valence-corrected chi connectivity index (χ4v) is 6.16. The van der Waals surface area contributed by atoms with Gasteiger partial charge in [-0.1, -0.05) is 55.2 Å². The minimum Gasteiger partial charge on any atom is -0.497 e. The molecular weight excluding hydrogens is 613 g/mol. The lowest BCUT2D eigenvalue weighted by Crippen LogP contribution is -2.53. The highest BCUT2D eigenvalue weighted by Gasteiger charge is 2.35. The number of para-hydroxylation sites is 2. The molecule has 0 radical (unpaired) electrons. The second kappa shape index (κ2) is 15.3. The molecule has 2 atom stereocenters. The van der Waals surface area contributed by atoms with Gasteiger partial charge >= 0.3 is 0 Å². The maximum atomic E-state index is 14.2. The van der Waals surface area contributed by atoms with Crippen molar-refractivity contribution in [3.63, 3.8) is 0 Å². The van der Waals surface area contributed by atoms with Crippen LogP contribution < -0.4 is 19.1 Å². The third-order valence-electron chi connectivity index (χ3n) is 7.00. The normalized spacial score (nSPS) is 12.6. The number of sulfonamides is 1. The van der Waals surface area contributed by atoms with Gasteiger partial charge in [0.2, 0.25) is 11.8 Å². The Bertz CT molecular complexity index is 1520. The predicted octanol–water partition coefficient (Wildman–Crippen LogP) is 5.93. The summed E-state index contributed by atoms with van der Waals surface area (Å²) in [5.41, 5.74) is 0.792. The fraction of sp³-hybridized carbons (Fsp3) is 0.355. The minimum absolute atomic E-state index is 0.00942. The van der Waals surface area contributed by atoms with E-state index < -0.39 is 28.5 Å². The van der Waals surface area contributed by atoms with Crippen molar-refractivity contribution in [3.05, 3.63) is 82.3 Å². The first kappa shape index (κ1) is 34.0. The summed E-state index contributed by atoms with van der Waals surface area (Å²) in [4.78, 5) is 29.0. The summed E-state index contributed by atoms with van der Waals surface area (Å²) in [5.74, 6) is -0.206. The molecular formula is C31H37Cl2N3O6S. The van der Waals surface area contributed by atoms with Gasteiger partial charge in [-0.3, -0.25) is 13.9 Å². The van der Waals surface area contributed by atoms with E-state index in [0.29, 0.717) is 27.8 Å². The number of hydrogen-bond acceptors (Lipinski definition) is 6. The number of nitrogens with zero attached hydrogens (tertiary/aromatic N) is 2. The zero-order valence-electron chi connectivity index (χ0n) is 24.8. The molecule has 2 amide bonds. The van der Waals surface area contributed by atoms with Crippen LogP contribution in [0.4, 0.5) is 5.69 Å². The number of benzene rings is 3. The van der Waals surface area contributed by atoms with Crippen LogP contribution in [0.3, 0.4) is 0 Å². The molecule has 0 heterocycles. The monoisotopic (exact) mass is 649 g/mol. The van der Waals surface area contributed by atoms with Crippen LogP contribution in [0.25, 0.3) is 0 Å². The van der Waals surface area contributed by atoms with Crippen molar-refractivity contribution >= 4 is 50.7 Å². The third-order valence-corrected chi connectivity index (χ3v) is 9.52. The maximum Gasteiger partial charge on any atom is 0.264 e. The third kappa shape index (κ3) is 8.34. The van der Waals surface area contributed by atoms with Crippen LogP contribution in [0, 0.1) is 0 Å². The quantitative estimate of drug-likeness (QED) is 0.232. The van der Waals surface area contributed by atoms with Gasteiger partial charge in [-0.15, -0.1) is 0 Å². The van der Waals surface area contributed by atoms with Crippen LogP contribution in [0.15, 0.2) is 71.6 Å². The lowest BCUT2D eigenvalue weighted by molar-refractivity contribution is -0.140. The van der Waals surface area contributed by atoms with E-state index in [-0.39, 0.29) is 41.2 Å². The largest absolute Gasteiger partial charge is 0.497 e. The molecule has 0 bridgehead atoms. The molecule has 0 aliphatic carbocycles. The Kier molecular flexibility index (Phi) is 12.1. The van der Waals surface area contributed by atoms with E-state index in [2.05, 4.69) is 5.32 Å². The molecule has 3 aromatic rings. The summed E-state index contributed by atoms with van der Waals surface area (Å²) in [7, 11) is -1.39. The number of methoxy groups -OCH3 is 2. The van der Waals surface area contributed by atoms with Gasteiger partial charge in [0.1, 0.15) is 24.1 Å². The van der Waals surface area contributed by atoms with Crippen molar-refractivity contribution in [3.8, 4) is 11.5 Å². The minimum atomic E-state index is -4.29. The van der Waals surface area contributed by atoms with Gasteiger partial charge in [-0.25, -0.2) is 8.42 Å². The molecule has 0 aliphatic rings. The van der Waals surface area contributed by atoms with Gasteiger partial charge in [-0.2, -0.15) is 0 Å². The number of carbonyl (C=O) groups excluding carboxylic acids is 2. The number of ether oxygens (including phenoxy) is 2. The van der Waals surface area contributed by atoms with Crippen LogP contribution in [0.2, 0.25) is 10.0 Å². The van der Waals surface area contributed by atoms with Crippen molar-refractivity contribution in [1.82, 2.24) is 10.2 Å². The standard InChI is InChI=1S/C31H37Cl2N3O6S/c1-6-21(3)34-31(38)27(7-2)35(19-22-12-17-25(32)26(33)18-22)30(37)20-36(28-10-8-9-11-29(28)42-5)43(39,40)24-15-13-23(41-4)14-16-24/h8-18,21,27H,6-7,19-20H2,1-5H3,(H,34,38)/t21-,27+/m1/s1. The molecule has 232 valence electrons. The van der Waals surface area contributed by atoms with Crippen LogP contribution in [0.5, 0.6) is 11.5 Å². The molecule has 0 aromatic heterocycles. The number of hydrogen-bond donors (Lipinski definition) is 1. The van der Waals surface area contributed by atoms with E-state index in [1.54, 1.807) is 49.4 Å². The fourth-order valence-electron chi connectivity index (χ4n) is 4.42. The van der Waals surface area contributed by atoms with E-state index in [4.69, 9.17) is 32.7 Å². The van der Waals surface area contributed by atoms with Crippen LogP contribution in [-0.2, 0) is 26.2 Å². The summed E-state index contributed by atoms with van der Waals surface area (Å²) in [5, 5.41) is 3.59. The van der Waals surface area contributed by atoms with Gasteiger partial charge in [0, 0.05) is 12.6 Å². The van der Waals surface area contributed by atoms with Crippen LogP contribution in [0.1, 0.15) is 39.2 Å². The molecule has 0 saturated heterocycles. The van der Waals surface area contributed by atoms with E-state index in [9.17, 15) is 18.0 Å². The topological polar surface area (TPSA) is 105 Å². The van der Waals surface area contributed by atoms with E-state index in [1.165, 1.54) is 43.4 Å². The van der Waals surface area contributed by atoms with Crippen molar-refractivity contribution in [2.45, 2.75) is 57.1 Å². The second-order valence-corrected chi connectivity index (χ2v) is 12.5. The summed E-state index contributed by atoms with van der Waals surface area (Å²) in [6.07, 6.45) is 0.986. The zero-order chi connectivity index (χ0) is 31.7. The van der Waals surface area contributed by atoms with Crippen LogP contribution in [-0.4, -0.2) is 58.0 Å². The molecule has 43 heavy (non-hydrogen) atoms. The zero-order valence-corrected chi connectivity index (χ0v) is 27.2. The smallest absolute Gasteiger partial charge is 0.264 e. The molecule has 0 spiro atoms. The van der Waals surface area contributed by atoms with Gasteiger partial charge in [0.25, 0.3) is 10.0 Å². The first-order valence-corrected chi connectivity index (χ1v) is 16.0. The molecule has 0 aliphatic heterocycles. The highest BCUT2D eigenvalue weighted by atomic mass is 35.5. The molecule has 9 nitrogen and oxygen atoms in total. The number of nitrogens with one attached hydrogen (secondary N) is 1. The second-order valence-electron chi connectivity index (χ2n) is 9.87. The lowest BCUT2D eigenvalue weighted by Gasteiger charge is -2.34. The number of amides is 2. The van der Waals surface area contributed by atoms with Gasteiger partial charge < -0.3 is 19.7 Å². The SMILES string of the molecule is CC[C@@H](C)NC(=O)[C@H](CC)N(Cc1ccc(Cl)c(Cl)c1)C(=O)CN(c1ccccc1OC)S(=O)(=O)c1ccc(OC)cc1. The van der Waals surface area contributed by atoms with Crippen LogP contribution >= 0.6 is 23.2 Å². The van der Waals surface area contributed by atoms with E-state index in [0.717, 1.165) is 4.31 Å². The molecule has 0 saturated carbocycles. The Morgan fingerprint density at radius 2 is 1.58 bits per heavy atom. The number of halogens is 2. The average Bonchev–Trinajstić information content (AvgIpc) is 3.01. The number of rotatable bonds is 14.